The molecule has 1 fully saturated rings. The molecule has 10 heteroatoms. The molecule has 0 N–H and O–H groups in total. The summed E-state index contributed by atoms with van der Waals surface area (Å²) in [4.78, 5) is 26.5. The standard InChI is InChI=1S/C28H26ClF2NO5S/c1-28(2,3)27(34)37-25-21(29)13-18(26(33)32-10-7-11-32)14-24(25)38(35,36)16-19-12-20(23(31)15-22(19)30)17-8-5-4-6-9-17/h4-6,8-9,12-15H,7,10-11,16H2,1-3H3. The largest absolute Gasteiger partial charge is 0.423 e. The Bertz CT molecular complexity index is 1510. The van der Waals surface area contributed by atoms with E-state index < -0.39 is 55.2 Å². The Labute approximate surface area is 225 Å². The van der Waals surface area contributed by atoms with Crippen LogP contribution in [0.2, 0.25) is 5.02 Å². The highest BCUT2D eigenvalue weighted by Crippen LogP contribution is 2.38. The summed E-state index contributed by atoms with van der Waals surface area (Å²) in [6.07, 6.45) is 0.819. The van der Waals surface area contributed by atoms with E-state index in [4.69, 9.17) is 16.3 Å². The van der Waals surface area contributed by atoms with Crippen molar-refractivity contribution in [1.82, 2.24) is 4.90 Å². The summed E-state index contributed by atoms with van der Waals surface area (Å²) in [5, 5.41) is -0.253. The van der Waals surface area contributed by atoms with Crippen LogP contribution < -0.4 is 4.74 Å². The number of nitrogens with zero attached hydrogens (tertiary/aromatic N) is 1. The number of likely N-dealkylation sites (tertiary alicyclic amines) is 1. The third-order valence-corrected chi connectivity index (χ3v) is 8.05. The highest BCUT2D eigenvalue weighted by Gasteiger charge is 2.32. The fraction of sp³-hybridized carbons (Fsp3) is 0.286. The molecular weight excluding hydrogens is 536 g/mol. The van der Waals surface area contributed by atoms with Crippen molar-refractivity contribution in [3.05, 3.63) is 82.4 Å². The summed E-state index contributed by atoms with van der Waals surface area (Å²) in [6.45, 7) is 5.78. The molecule has 1 aliphatic rings. The summed E-state index contributed by atoms with van der Waals surface area (Å²) >= 11 is 6.37. The van der Waals surface area contributed by atoms with Crippen LogP contribution in [0.15, 0.2) is 59.5 Å². The molecule has 0 aromatic heterocycles. The lowest BCUT2D eigenvalue weighted by Gasteiger charge is -2.31. The van der Waals surface area contributed by atoms with E-state index in [2.05, 4.69) is 0 Å². The van der Waals surface area contributed by atoms with Crippen molar-refractivity contribution >= 4 is 33.3 Å². The molecule has 1 amide bonds. The Hall–Kier alpha value is -3.30. The maximum atomic E-state index is 14.8. The Kier molecular flexibility index (Phi) is 7.63. The van der Waals surface area contributed by atoms with E-state index in [0.717, 1.165) is 18.6 Å². The van der Waals surface area contributed by atoms with Crippen molar-refractivity contribution in [3.8, 4) is 16.9 Å². The van der Waals surface area contributed by atoms with Gasteiger partial charge in [0.25, 0.3) is 5.91 Å². The number of carbonyl (C=O) groups excluding carboxylic acids is 2. The number of rotatable bonds is 6. The zero-order valence-electron chi connectivity index (χ0n) is 21.1. The zero-order valence-corrected chi connectivity index (χ0v) is 22.6. The molecule has 0 unspecified atom stereocenters. The number of hydrogen-bond donors (Lipinski definition) is 0. The molecule has 3 aromatic rings. The molecule has 0 bridgehead atoms. The van der Waals surface area contributed by atoms with Crippen LogP contribution in [0.3, 0.4) is 0 Å². The summed E-state index contributed by atoms with van der Waals surface area (Å²) < 4.78 is 62.2. The lowest BCUT2D eigenvalue weighted by molar-refractivity contribution is -0.143. The van der Waals surface area contributed by atoms with Gasteiger partial charge < -0.3 is 9.64 Å². The van der Waals surface area contributed by atoms with Gasteiger partial charge in [0.05, 0.1) is 16.2 Å². The van der Waals surface area contributed by atoms with Gasteiger partial charge in [-0.1, -0.05) is 41.9 Å². The van der Waals surface area contributed by atoms with Gasteiger partial charge in [0.1, 0.15) is 16.5 Å². The topological polar surface area (TPSA) is 80.8 Å². The Morgan fingerprint density at radius 3 is 2.24 bits per heavy atom. The van der Waals surface area contributed by atoms with Crippen LogP contribution in [0.1, 0.15) is 43.1 Å². The van der Waals surface area contributed by atoms with E-state index in [1.165, 1.54) is 11.0 Å². The van der Waals surface area contributed by atoms with E-state index in [1.807, 2.05) is 0 Å². The lowest BCUT2D eigenvalue weighted by Crippen LogP contribution is -2.42. The van der Waals surface area contributed by atoms with Crippen molar-refractivity contribution in [2.75, 3.05) is 13.1 Å². The fourth-order valence-corrected chi connectivity index (χ4v) is 5.64. The quantitative estimate of drug-likeness (QED) is 0.270. The third-order valence-electron chi connectivity index (χ3n) is 6.11. The summed E-state index contributed by atoms with van der Waals surface area (Å²) in [6, 6.07) is 12.4. The summed E-state index contributed by atoms with van der Waals surface area (Å²) in [7, 11) is -4.46. The van der Waals surface area contributed by atoms with E-state index in [-0.39, 0.29) is 21.7 Å². The van der Waals surface area contributed by atoms with Gasteiger partial charge in [0.15, 0.2) is 15.6 Å². The number of halogens is 3. The highest BCUT2D eigenvalue weighted by molar-refractivity contribution is 7.90. The second kappa shape index (κ2) is 10.5. The molecule has 0 spiro atoms. The molecule has 0 atom stereocenters. The van der Waals surface area contributed by atoms with E-state index >= 15 is 0 Å². The van der Waals surface area contributed by atoms with Gasteiger partial charge in [-0.05, 0) is 51.0 Å². The summed E-state index contributed by atoms with van der Waals surface area (Å²) in [5.74, 6) is -4.42. The maximum Gasteiger partial charge on any atom is 0.316 e. The van der Waals surface area contributed by atoms with Crippen LogP contribution in [-0.4, -0.2) is 38.3 Å². The van der Waals surface area contributed by atoms with Gasteiger partial charge >= 0.3 is 5.97 Å². The molecule has 6 nitrogen and oxygen atoms in total. The number of hydrogen-bond acceptors (Lipinski definition) is 5. The van der Waals surface area contributed by atoms with Gasteiger partial charge in [-0.2, -0.15) is 0 Å². The van der Waals surface area contributed by atoms with Crippen LogP contribution >= 0.6 is 11.6 Å². The minimum atomic E-state index is -4.46. The smallest absolute Gasteiger partial charge is 0.316 e. The number of carbonyl (C=O) groups is 2. The Balaban J connectivity index is 1.81. The molecule has 1 aliphatic heterocycles. The summed E-state index contributed by atoms with van der Waals surface area (Å²) in [5.41, 5.74) is -0.836. The van der Waals surface area contributed by atoms with E-state index in [0.29, 0.717) is 24.7 Å². The molecule has 200 valence electrons. The first-order valence-corrected chi connectivity index (χ1v) is 13.9. The number of ether oxygens (including phenoxy) is 1. The van der Waals surface area contributed by atoms with E-state index in [1.54, 1.807) is 51.1 Å². The van der Waals surface area contributed by atoms with Crippen molar-refractivity contribution in [3.63, 3.8) is 0 Å². The molecule has 0 radical (unpaired) electrons. The molecular formula is C28H26ClF2NO5S. The van der Waals surface area contributed by atoms with Gasteiger partial charge in [0, 0.05) is 35.8 Å². The van der Waals surface area contributed by atoms with Crippen molar-refractivity contribution in [2.24, 2.45) is 5.41 Å². The molecule has 4 rings (SSSR count). The monoisotopic (exact) mass is 561 g/mol. The average molecular weight is 562 g/mol. The van der Waals surface area contributed by atoms with Crippen LogP contribution in [0, 0.1) is 17.0 Å². The minimum absolute atomic E-state index is 0.00612. The van der Waals surface area contributed by atoms with Gasteiger partial charge in [-0.15, -0.1) is 0 Å². The van der Waals surface area contributed by atoms with Crippen molar-refractivity contribution in [1.29, 1.82) is 0 Å². The minimum Gasteiger partial charge on any atom is -0.423 e. The first kappa shape index (κ1) is 27.7. The Morgan fingerprint density at radius 2 is 1.66 bits per heavy atom. The SMILES string of the molecule is CC(C)(C)C(=O)Oc1c(Cl)cc(C(=O)N2CCC2)cc1S(=O)(=O)Cc1cc(-c2ccccc2)c(F)cc1F. The first-order chi connectivity index (χ1) is 17.8. The number of benzene rings is 3. The van der Waals surface area contributed by atoms with Gasteiger partial charge in [0.2, 0.25) is 0 Å². The number of sulfone groups is 1. The van der Waals surface area contributed by atoms with Crippen LogP contribution in [0.4, 0.5) is 8.78 Å². The first-order valence-electron chi connectivity index (χ1n) is 11.9. The zero-order chi connectivity index (χ0) is 27.8. The van der Waals surface area contributed by atoms with Gasteiger partial charge in [-0.25, -0.2) is 17.2 Å². The predicted molar refractivity (Wildman–Crippen MR) is 140 cm³/mol. The number of esters is 1. The molecule has 1 saturated heterocycles. The van der Waals surface area contributed by atoms with Crippen molar-refractivity contribution < 1.29 is 31.5 Å². The third kappa shape index (κ3) is 5.73. The normalized spacial score (nSPS) is 13.7. The van der Waals surface area contributed by atoms with Crippen molar-refractivity contribution in [2.45, 2.75) is 37.8 Å². The second-order valence-electron chi connectivity index (χ2n) is 10.1. The maximum absolute atomic E-state index is 14.8. The van der Waals surface area contributed by atoms with Gasteiger partial charge in [-0.3, -0.25) is 9.59 Å². The second-order valence-corrected chi connectivity index (χ2v) is 12.5. The molecule has 38 heavy (non-hydrogen) atoms. The average Bonchev–Trinajstić information content (AvgIpc) is 2.80. The fourth-order valence-electron chi connectivity index (χ4n) is 3.80. The molecule has 3 aromatic carbocycles. The van der Waals surface area contributed by atoms with Crippen LogP contribution in [0.5, 0.6) is 5.75 Å². The molecule has 1 heterocycles. The highest BCUT2D eigenvalue weighted by atomic mass is 35.5. The van der Waals surface area contributed by atoms with Crippen LogP contribution in [0.25, 0.3) is 11.1 Å². The molecule has 0 aliphatic carbocycles. The number of amides is 1. The van der Waals surface area contributed by atoms with Crippen LogP contribution in [-0.2, 0) is 20.4 Å². The lowest BCUT2D eigenvalue weighted by atomic mass is 9.97. The molecule has 0 saturated carbocycles. The predicted octanol–water partition coefficient (Wildman–Crippen LogP) is 6.06. The Morgan fingerprint density at radius 1 is 1.00 bits per heavy atom. The van der Waals surface area contributed by atoms with E-state index in [9.17, 15) is 26.8 Å².